The maximum absolute atomic E-state index is 12.9. The number of nitrogens with zero attached hydrogens (tertiary/aromatic N) is 1. The van der Waals surface area contributed by atoms with Gasteiger partial charge in [0.05, 0.1) is 19.8 Å². The van der Waals surface area contributed by atoms with Crippen molar-refractivity contribution < 1.29 is 24.5 Å². The van der Waals surface area contributed by atoms with E-state index in [0.717, 1.165) is 5.56 Å². The summed E-state index contributed by atoms with van der Waals surface area (Å²) >= 11 is 0. The molecule has 3 rings (SSSR count). The number of aliphatic hydroxyl groups excluding tert-OH is 2. The molecular weight excluding hydrogens is 370 g/mol. The molecule has 0 spiro atoms. The fraction of sp³-hybridized carbons (Fsp3) is 0.348. The lowest BCUT2D eigenvalue weighted by Gasteiger charge is -2.50. The van der Waals surface area contributed by atoms with Crippen LogP contribution < -0.4 is 0 Å². The lowest BCUT2D eigenvalue weighted by molar-refractivity contribution is -0.261. The third-order valence-electron chi connectivity index (χ3n) is 5.03. The molecule has 0 radical (unpaired) electrons. The first-order valence-corrected chi connectivity index (χ1v) is 9.75. The maximum Gasteiger partial charge on any atom is 0.205 e. The minimum absolute atomic E-state index is 0.0489. The number of ether oxygens (including phenoxy) is 2. The Bertz CT molecular complexity index is 811. The summed E-state index contributed by atoms with van der Waals surface area (Å²) in [5.41, 5.74) is 0.00266. The van der Waals surface area contributed by atoms with Crippen LogP contribution in [0.5, 0.6) is 0 Å². The van der Waals surface area contributed by atoms with E-state index in [1.165, 1.54) is 6.08 Å². The van der Waals surface area contributed by atoms with Gasteiger partial charge in [0.1, 0.15) is 6.10 Å². The average molecular weight is 397 g/mol. The SMILES string of the molecule is CCN1C=CC(=O)C(OCc2ccccc2)C1(OCCO)C(O)c1ccccc1. The lowest BCUT2D eigenvalue weighted by atomic mass is 9.87. The van der Waals surface area contributed by atoms with Crippen molar-refractivity contribution in [3.05, 3.63) is 84.1 Å². The summed E-state index contributed by atoms with van der Waals surface area (Å²) in [5.74, 6) is -0.293. The highest BCUT2D eigenvalue weighted by Gasteiger charge is 2.55. The second kappa shape index (κ2) is 9.80. The molecule has 0 aromatic heterocycles. The summed E-state index contributed by atoms with van der Waals surface area (Å²) in [7, 11) is 0. The Kier molecular flexibility index (Phi) is 7.17. The van der Waals surface area contributed by atoms with Gasteiger partial charge in [-0.2, -0.15) is 0 Å². The van der Waals surface area contributed by atoms with Crippen molar-refractivity contribution >= 4 is 5.78 Å². The van der Waals surface area contributed by atoms with Crippen molar-refractivity contribution in [3.63, 3.8) is 0 Å². The topological polar surface area (TPSA) is 79.2 Å². The van der Waals surface area contributed by atoms with Gasteiger partial charge in [-0.1, -0.05) is 60.7 Å². The molecule has 0 saturated heterocycles. The Morgan fingerprint density at radius 1 is 1.10 bits per heavy atom. The van der Waals surface area contributed by atoms with Gasteiger partial charge in [0.15, 0.2) is 11.9 Å². The summed E-state index contributed by atoms with van der Waals surface area (Å²) in [6, 6.07) is 18.6. The first-order chi connectivity index (χ1) is 14.1. The number of rotatable bonds is 9. The monoisotopic (exact) mass is 397 g/mol. The van der Waals surface area contributed by atoms with Crippen LogP contribution in [0, 0.1) is 0 Å². The third kappa shape index (κ3) is 4.41. The van der Waals surface area contributed by atoms with Gasteiger partial charge in [-0.15, -0.1) is 0 Å². The van der Waals surface area contributed by atoms with Crippen LogP contribution in [0.3, 0.4) is 0 Å². The van der Waals surface area contributed by atoms with Gasteiger partial charge in [0.2, 0.25) is 5.72 Å². The van der Waals surface area contributed by atoms with E-state index >= 15 is 0 Å². The Hall–Kier alpha value is -2.51. The van der Waals surface area contributed by atoms with Gasteiger partial charge in [-0.3, -0.25) is 4.79 Å². The smallest absolute Gasteiger partial charge is 0.205 e. The van der Waals surface area contributed by atoms with E-state index in [1.807, 2.05) is 55.5 Å². The Balaban J connectivity index is 2.02. The molecule has 154 valence electrons. The third-order valence-corrected chi connectivity index (χ3v) is 5.03. The number of likely N-dealkylation sites (N-methyl/N-ethyl adjacent to an activating group) is 1. The van der Waals surface area contributed by atoms with Crippen LogP contribution in [0.4, 0.5) is 0 Å². The number of aliphatic hydroxyl groups is 2. The summed E-state index contributed by atoms with van der Waals surface area (Å²) in [6.07, 6.45) is 0.811. The van der Waals surface area contributed by atoms with Crippen LogP contribution in [-0.2, 0) is 20.9 Å². The van der Waals surface area contributed by atoms with Crippen molar-refractivity contribution in [3.8, 4) is 0 Å². The second-order valence-corrected chi connectivity index (χ2v) is 6.82. The number of ketones is 1. The van der Waals surface area contributed by atoms with Crippen LogP contribution in [0.1, 0.15) is 24.2 Å². The molecule has 0 saturated carbocycles. The molecule has 2 N–H and O–H groups in total. The molecule has 1 aliphatic rings. The molecule has 0 aliphatic carbocycles. The molecule has 2 aromatic rings. The number of benzene rings is 2. The van der Waals surface area contributed by atoms with Crippen molar-refractivity contribution in [2.24, 2.45) is 0 Å². The van der Waals surface area contributed by atoms with E-state index in [2.05, 4.69) is 0 Å². The molecule has 6 nitrogen and oxygen atoms in total. The fourth-order valence-electron chi connectivity index (χ4n) is 3.65. The lowest BCUT2D eigenvalue weighted by Crippen LogP contribution is -2.65. The molecular formula is C23H27NO5. The Labute approximate surface area is 171 Å². The predicted molar refractivity (Wildman–Crippen MR) is 109 cm³/mol. The summed E-state index contributed by atoms with van der Waals surface area (Å²) in [6.45, 7) is 2.28. The van der Waals surface area contributed by atoms with Crippen molar-refractivity contribution in [2.75, 3.05) is 19.8 Å². The molecule has 3 unspecified atom stereocenters. The minimum Gasteiger partial charge on any atom is -0.394 e. The van der Waals surface area contributed by atoms with Crippen molar-refractivity contribution in [2.45, 2.75) is 31.5 Å². The zero-order chi connectivity index (χ0) is 20.7. The van der Waals surface area contributed by atoms with Crippen LogP contribution in [-0.4, -0.2) is 52.5 Å². The first kappa shape index (κ1) is 21.2. The fourth-order valence-corrected chi connectivity index (χ4v) is 3.65. The standard InChI is InChI=1S/C23H27NO5/c1-2-24-14-13-20(26)22(28-17-18-9-5-3-6-10-18)23(24,29-16-15-25)21(27)19-11-7-4-8-12-19/h3-14,21-22,25,27H,2,15-17H2,1H3. The van der Waals surface area contributed by atoms with Gasteiger partial charge >= 0.3 is 0 Å². The van der Waals surface area contributed by atoms with E-state index in [1.54, 1.807) is 23.2 Å². The molecule has 1 heterocycles. The average Bonchev–Trinajstić information content (AvgIpc) is 2.77. The van der Waals surface area contributed by atoms with Crippen LogP contribution >= 0.6 is 0 Å². The van der Waals surface area contributed by atoms with E-state index in [9.17, 15) is 15.0 Å². The highest BCUT2D eigenvalue weighted by atomic mass is 16.6. The van der Waals surface area contributed by atoms with Crippen molar-refractivity contribution in [1.82, 2.24) is 4.90 Å². The summed E-state index contributed by atoms with van der Waals surface area (Å²) < 4.78 is 12.1. The number of carbonyl (C=O) groups excluding carboxylic acids is 1. The normalized spacial score (nSPS) is 22.7. The predicted octanol–water partition coefficient (Wildman–Crippen LogP) is 2.43. The van der Waals surface area contributed by atoms with E-state index in [-0.39, 0.29) is 25.6 Å². The molecule has 0 bridgehead atoms. The minimum atomic E-state index is -1.50. The van der Waals surface area contributed by atoms with E-state index in [0.29, 0.717) is 12.1 Å². The molecule has 1 aliphatic heterocycles. The molecule has 29 heavy (non-hydrogen) atoms. The van der Waals surface area contributed by atoms with Crippen LogP contribution in [0.25, 0.3) is 0 Å². The summed E-state index contributed by atoms with van der Waals surface area (Å²) in [5, 5.41) is 20.8. The Morgan fingerprint density at radius 2 is 1.76 bits per heavy atom. The highest BCUT2D eigenvalue weighted by Crippen LogP contribution is 2.40. The van der Waals surface area contributed by atoms with E-state index < -0.39 is 17.9 Å². The second-order valence-electron chi connectivity index (χ2n) is 6.82. The largest absolute Gasteiger partial charge is 0.394 e. The number of carbonyl (C=O) groups is 1. The van der Waals surface area contributed by atoms with Crippen molar-refractivity contribution in [1.29, 1.82) is 0 Å². The zero-order valence-electron chi connectivity index (χ0n) is 16.5. The number of hydrogen-bond acceptors (Lipinski definition) is 6. The van der Waals surface area contributed by atoms with Gasteiger partial charge < -0.3 is 24.6 Å². The van der Waals surface area contributed by atoms with Crippen LogP contribution in [0.15, 0.2) is 72.9 Å². The van der Waals surface area contributed by atoms with Gasteiger partial charge in [0.25, 0.3) is 0 Å². The van der Waals surface area contributed by atoms with Gasteiger partial charge in [-0.05, 0) is 18.1 Å². The summed E-state index contributed by atoms with van der Waals surface area (Å²) in [4.78, 5) is 14.7. The van der Waals surface area contributed by atoms with E-state index in [4.69, 9.17) is 9.47 Å². The zero-order valence-corrected chi connectivity index (χ0v) is 16.5. The quantitative estimate of drug-likeness (QED) is 0.677. The molecule has 6 heteroatoms. The molecule has 2 aromatic carbocycles. The number of hydrogen-bond donors (Lipinski definition) is 2. The van der Waals surface area contributed by atoms with Crippen LogP contribution in [0.2, 0.25) is 0 Å². The van der Waals surface area contributed by atoms with Gasteiger partial charge in [0, 0.05) is 18.8 Å². The molecule has 0 amide bonds. The maximum atomic E-state index is 12.9. The first-order valence-electron chi connectivity index (χ1n) is 9.75. The Morgan fingerprint density at radius 3 is 2.38 bits per heavy atom. The van der Waals surface area contributed by atoms with Gasteiger partial charge in [-0.25, -0.2) is 0 Å². The highest BCUT2D eigenvalue weighted by molar-refractivity contribution is 5.95. The molecule has 0 fully saturated rings. The molecule has 3 atom stereocenters.